The van der Waals surface area contributed by atoms with Crippen LogP contribution in [0.4, 0.5) is 5.00 Å². The van der Waals surface area contributed by atoms with Crippen molar-refractivity contribution in [3.63, 3.8) is 0 Å². The summed E-state index contributed by atoms with van der Waals surface area (Å²) in [6.07, 6.45) is 0. The van der Waals surface area contributed by atoms with Gasteiger partial charge in [-0.1, -0.05) is 48.5 Å². The number of carbonyl (C=O) groups excluding carboxylic acids is 2. The lowest BCUT2D eigenvalue weighted by Crippen LogP contribution is -2.21. The van der Waals surface area contributed by atoms with Crippen LogP contribution in [0.5, 0.6) is 0 Å². The monoisotopic (exact) mass is 362 g/mol. The third-order valence-electron chi connectivity index (χ3n) is 3.60. The molecule has 0 saturated carbocycles. The summed E-state index contributed by atoms with van der Waals surface area (Å²) in [5, 5.41) is 13.7. The van der Waals surface area contributed by atoms with Crippen LogP contribution in [0.25, 0.3) is 11.1 Å². The highest BCUT2D eigenvalue weighted by atomic mass is 32.1. The molecule has 2 aromatic carbocycles. The van der Waals surface area contributed by atoms with Crippen molar-refractivity contribution in [2.45, 2.75) is 0 Å². The second-order valence-electron chi connectivity index (χ2n) is 5.31. The van der Waals surface area contributed by atoms with Crippen molar-refractivity contribution in [1.29, 1.82) is 5.26 Å². The Balaban J connectivity index is 1.68. The van der Waals surface area contributed by atoms with Crippen LogP contribution in [-0.2, 0) is 9.53 Å². The van der Waals surface area contributed by atoms with Gasteiger partial charge in [-0.15, -0.1) is 11.3 Å². The number of amides is 1. The van der Waals surface area contributed by atoms with E-state index in [0.717, 1.165) is 11.1 Å². The number of nitrogens with one attached hydrogen (secondary N) is 1. The number of hydrogen-bond donors (Lipinski definition) is 1. The van der Waals surface area contributed by atoms with Crippen LogP contribution < -0.4 is 5.32 Å². The molecule has 0 spiro atoms. The van der Waals surface area contributed by atoms with E-state index in [1.54, 1.807) is 23.6 Å². The molecule has 26 heavy (non-hydrogen) atoms. The smallest absolute Gasteiger partial charge is 0.339 e. The predicted octanol–water partition coefficient (Wildman–Crippen LogP) is 4.08. The summed E-state index contributed by atoms with van der Waals surface area (Å²) < 4.78 is 5.15. The zero-order valence-corrected chi connectivity index (χ0v) is 14.5. The summed E-state index contributed by atoms with van der Waals surface area (Å²) in [5.74, 6) is -1.07. The van der Waals surface area contributed by atoms with E-state index in [-0.39, 0.29) is 0 Å². The number of carbonyl (C=O) groups is 2. The molecular formula is C20H14N2O3S. The molecule has 3 rings (SSSR count). The molecule has 0 fully saturated rings. The Morgan fingerprint density at radius 1 is 1.04 bits per heavy atom. The van der Waals surface area contributed by atoms with Gasteiger partial charge in [0.05, 0.1) is 11.1 Å². The fraction of sp³-hybridized carbons (Fsp3) is 0.0500. The fourth-order valence-electron chi connectivity index (χ4n) is 2.40. The van der Waals surface area contributed by atoms with Gasteiger partial charge in [0.25, 0.3) is 5.91 Å². The highest BCUT2D eigenvalue weighted by molar-refractivity contribution is 7.14. The summed E-state index contributed by atoms with van der Waals surface area (Å²) in [6, 6.07) is 20.2. The van der Waals surface area contributed by atoms with Crippen LogP contribution >= 0.6 is 11.3 Å². The Kier molecular flexibility index (Phi) is 5.42. The topological polar surface area (TPSA) is 79.2 Å². The van der Waals surface area contributed by atoms with Crippen LogP contribution in [0.3, 0.4) is 0 Å². The third kappa shape index (κ3) is 3.97. The molecule has 3 aromatic rings. The fourth-order valence-corrected chi connectivity index (χ4v) is 3.15. The number of ether oxygens (including phenoxy) is 1. The van der Waals surface area contributed by atoms with Crippen molar-refractivity contribution in [1.82, 2.24) is 0 Å². The molecule has 5 nitrogen and oxygen atoms in total. The van der Waals surface area contributed by atoms with Crippen molar-refractivity contribution in [3.8, 4) is 17.2 Å². The van der Waals surface area contributed by atoms with Gasteiger partial charge < -0.3 is 10.1 Å². The van der Waals surface area contributed by atoms with Crippen LogP contribution in [0.15, 0.2) is 66.0 Å². The molecule has 1 amide bonds. The van der Waals surface area contributed by atoms with Crippen molar-refractivity contribution in [2.24, 2.45) is 0 Å². The zero-order chi connectivity index (χ0) is 18.4. The lowest BCUT2D eigenvalue weighted by atomic mass is 10.00. The van der Waals surface area contributed by atoms with E-state index in [1.165, 1.54) is 11.3 Å². The average Bonchev–Trinajstić information content (AvgIpc) is 3.14. The number of nitrogens with zero attached hydrogens (tertiary/aromatic N) is 1. The Bertz CT molecular complexity index is 974. The van der Waals surface area contributed by atoms with Crippen LogP contribution in [0.2, 0.25) is 0 Å². The number of anilines is 1. The second kappa shape index (κ2) is 8.10. The summed E-state index contributed by atoms with van der Waals surface area (Å²) in [5.41, 5.74) is 2.40. The van der Waals surface area contributed by atoms with Gasteiger partial charge in [0.15, 0.2) is 6.61 Å². The second-order valence-corrected chi connectivity index (χ2v) is 6.23. The molecule has 6 heteroatoms. The Labute approximate surface area is 154 Å². The molecule has 0 aliphatic rings. The van der Waals surface area contributed by atoms with Crippen LogP contribution in [0.1, 0.15) is 15.9 Å². The van der Waals surface area contributed by atoms with Gasteiger partial charge in [-0.05, 0) is 28.6 Å². The Hall–Kier alpha value is -3.43. The number of nitriles is 1. The maximum absolute atomic E-state index is 12.4. The first kappa shape index (κ1) is 17.4. The van der Waals surface area contributed by atoms with Gasteiger partial charge in [-0.2, -0.15) is 5.26 Å². The molecule has 1 heterocycles. The van der Waals surface area contributed by atoms with Gasteiger partial charge in [-0.3, -0.25) is 4.79 Å². The number of hydrogen-bond acceptors (Lipinski definition) is 5. The van der Waals surface area contributed by atoms with Gasteiger partial charge in [0, 0.05) is 0 Å². The minimum atomic E-state index is -0.578. The number of benzene rings is 2. The molecule has 1 aromatic heterocycles. The predicted molar refractivity (Wildman–Crippen MR) is 99.8 cm³/mol. The first-order valence-electron chi connectivity index (χ1n) is 7.78. The quantitative estimate of drug-likeness (QED) is 0.694. The summed E-state index contributed by atoms with van der Waals surface area (Å²) in [4.78, 5) is 24.4. The van der Waals surface area contributed by atoms with Crippen LogP contribution in [-0.4, -0.2) is 18.5 Å². The van der Waals surface area contributed by atoms with Gasteiger partial charge in [-0.25, -0.2) is 4.79 Å². The maximum Gasteiger partial charge on any atom is 0.339 e. The van der Waals surface area contributed by atoms with Crippen molar-refractivity contribution in [3.05, 3.63) is 77.2 Å². The first-order valence-corrected chi connectivity index (χ1v) is 8.66. The molecule has 0 aliphatic heterocycles. The average molecular weight is 362 g/mol. The van der Waals surface area contributed by atoms with E-state index in [2.05, 4.69) is 5.32 Å². The molecule has 0 bridgehead atoms. The normalized spacial score (nSPS) is 9.96. The summed E-state index contributed by atoms with van der Waals surface area (Å²) in [6.45, 7) is -0.426. The standard InChI is InChI=1S/C20H14N2O3S/c21-12-15-10-11-26-19(15)22-18(23)13-25-20(24)17-9-5-4-8-16(17)14-6-2-1-3-7-14/h1-11H,13H2,(H,22,23). The number of rotatable bonds is 5. The van der Waals surface area contributed by atoms with E-state index in [1.807, 2.05) is 48.5 Å². The molecule has 0 aliphatic carbocycles. The van der Waals surface area contributed by atoms with Gasteiger partial charge in [0.2, 0.25) is 0 Å². The molecule has 0 radical (unpaired) electrons. The number of thiophene rings is 1. The highest BCUT2D eigenvalue weighted by Crippen LogP contribution is 2.24. The minimum Gasteiger partial charge on any atom is -0.452 e. The molecule has 0 atom stereocenters. The van der Waals surface area contributed by atoms with Crippen molar-refractivity contribution < 1.29 is 14.3 Å². The zero-order valence-electron chi connectivity index (χ0n) is 13.6. The van der Waals surface area contributed by atoms with Crippen molar-refractivity contribution in [2.75, 3.05) is 11.9 Å². The Morgan fingerprint density at radius 3 is 2.54 bits per heavy atom. The first-order chi connectivity index (χ1) is 12.7. The van der Waals surface area contributed by atoms with E-state index >= 15 is 0 Å². The molecule has 1 N–H and O–H groups in total. The SMILES string of the molecule is N#Cc1ccsc1NC(=O)COC(=O)c1ccccc1-c1ccccc1. The molecule has 0 unspecified atom stereocenters. The maximum atomic E-state index is 12.4. The minimum absolute atomic E-state index is 0.379. The summed E-state index contributed by atoms with van der Waals surface area (Å²) >= 11 is 1.24. The lowest BCUT2D eigenvalue weighted by molar-refractivity contribution is -0.119. The van der Waals surface area contributed by atoms with E-state index < -0.39 is 18.5 Å². The summed E-state index contributed by atoms with van der Waals surface area (Å²) in [7, 11) is 0. The van der Waals surface area contributed by atoms with E-state index in [4.69, 9.17) is 10.00 Å². The molecule has 128 valence electrons. The van der Waals surface area contributed by atoms with Gasteiger partial charge >= 0.3 is 5.97 Å². The molecular weight excluding hydrogens is 348 g/mol. The van der Waals surface area contributed by atoms with E-state index in [9.17, 15) is 9.59 Å². The third-order valence-corrected chi connectivity index (χ3v) is 4.43. The highest BCUT2D eigenvalue weighted by Gasteiger charge is 2.16. The van der Waals surface area contributed by atoms with Gasteiger partial charge in [0.1, 0.15) is 11.1 Å². The molecule has 0 saturated heterocycles. The Morgan fingerprint density at radius 2 is 1.77 bits per heavy atom. The van der Waals surface area contributed by atoms with E-state index in [0.29, 0.717) is 16.1 Å². The number of esters is 1. The lowest BCUT2D eigenvalue weighted by Gasteiger charge is -2.10. The largest absolute Gasteiger partial charge is 0.452 e. The van der Waals surface area contributed by atoms with Crippen molar-refractivity contribution >= 4 is 28.2 Å². The van der Waals surface area contributed by atoms with Crippen LogP contribution in [0, 0.1) is 11.3 Å².